The molecule has 1 aromatic carbocycles. The van der Waals surface area contributed by atoms with E-state index in [0.29, 0.717) is 12.2 Å². The van der Waals surface area contributed by atoms with E-state index in [1.54, 1.807) is 0 Å². The summed E-state index contributed by atoms with van der Waals surface area (Å²) in [6.45, 7) is 9.31. The quantitative estimate of drug-likeness (QED) is 0.888. The van der Waals surface area contributed by atoms with E-state index >= 15 is 0 Å². The van der Waals surface area contributed by atoms with Gasteiger partial charge in [0.15, 0.2) is 0 Å². The molecule has 1 aliphatic rings. The maximum absolute atomic E-state index is 5.80. The fraction of sp³-hybridized carbons (Fsp3) is 0.600. The molecule has 1 heterocycles. The Labute approximate surface area is 110 Å². The van der Waals surface area contributed by atoms with Crippen molar-refractivity contribution in [1.29, 1.82) is 0 Å². The van der Waals surface area contributed by atoms with Crippen LogP contribution in [0.2, 0.25) is 0 Å². The predicted molar refractivity (Wildman–Crippen MR) is 76.2 cm³/mol. The van der Waals surface area contributed by atoms with Gasteiger partial charge in [-0.05, 0) is 39.4 Å². The molecule has 0 spiro atoms. The molecule has 18 heavy (non-hydrogen) atoms. The van der Waals surface area contributed by atoms with Crippen LogP contribution in [0.4, 0.5) is 5.69 Å². The Morgan fingerprint density at radius 1 is 1.28 bits per heavy atom. The van der Waals surface area contributed by atoms with Crippen molar-refractivity contribution in [3.63, 3.8) is 0 Å². The fourth-order valence-electron chi connectivity index (χ4n) is 2.73. The van der Waals surface area contributed by atoms with Crippen molar-refractivity contribution in [3.05, 3.63) is 29.3 Å². The Bertz CT molecular complexity index is 395. The van der Waals surface area contributed by atoms with Crippen LogP contribution in [-0.4, -0.2) is 32.3 Å². The molecule has 3 heteroatoms. The Hall–Kier alpha value is -1.06. The van der Waals surface area contributed by atoms with E-state index in [-0.39, 0.29) is 0 Å². The van der Waals surface area contributed by atoms with Crippen LogP contribution in [0.5, 0.6) is 0 Å². The summed E-state index contributed by atoms with van der Waals surface area (Å²) in [7, 11) is 2.00. The van der Waals surface area contributed by atoms with E-state index in [1.165, 1.54) is 16.8 Å². The first kappa shape index (κ1) is 13.4. The lowest BCUT2D eigenvalue weighted by molar-refractivity contribution is -0.00526. The Morgan fingerprint density at radius 3 is 2.56 bits per heavy atom. The summed E-state index contributed by atoms with van der Waals surface area (Å²) in [4.78, 5) is 2.45. The molecule has 1 aromatic rings. The summed E-state index contributed by atoms with van der Waals surface area (Å²) in [6, 6.07) is 6.71. The number of hydrogen-bond acceptors (Lipinski definition) is 3. The average Bonchev–Trinajstić information content (AvgIpc) is 2.28. The third kappa shape index (κ3) is 3.03. The minimum absolute atomic E-state index is 0.303. The first-order chi connectivity index (χ1) is 8.60. The van der Waals surface area contributed by atoms with Gasteiger partial charge >= 0.3 is 0 Å². The summed E-state index contributed by atoms with van der Waals surface area (Å²) < 4.78 is 5.80. The van der Waals surface area contributed by atoms with E-state index < -0.39 is 0 Å². The highest BCUT2D eigenvalue weighted by molar-refractivity contribution is 5.55. The zero-order valence-electron chi connectivity index (χ0n) is 11.9. The molecule has 1 saturated heterocycles. The van der Waals surface area contributed by atoms with Gasteiger partial charge in [0.1, 0.15) is 0 Å². The minimum Gasteiger partial charge on any atom is -0.372 e. The lowest BCUT2D eigenvalue weighted by atomic mass is 10.1. The van der Waals surface area contributed by atoms with Gasteiger partial charge in [-0.3, -0.25) is 0 Å². The highest BCUT2D eigenvalue weighted by atomic mass is 16.5. The van der Waals surface area contributed by atoms with Gasteiger partial charge in [-0.25, -0.2) is 0 Å². The second kappa shape index (κ2) is 5.72. The van der Waals surface area contributed by atoms with Gasteiger partial charge in [-0.1, -0.05) is 17.7 Å². The predicted octanol–water partition coefficient (Wildman–Crippen LogP) is 2.33. The molecule has 2 atom stereocenters. The molecule has 0 saturated carbocycles. The van der Waals surface area contributed by atoms with Crippen LogP contribution in [-0.2, 0) is 11.3 Å². The summed E-state index contributed by atoms with van der Waals surface area (Å²) in [5.41, 5.74) is 4.04. The van der Waals surface area contributed by atoms with E-state index in [1.807, 2.05) is 7.05 Å². The molecule has 0 amide bonds. The molecule has 0 radical (unpaired) electrons. The maximum Gasteiger partial charge on any atom is 0.0726 e. The Kier molecular flexibility index (Phi) is 4.25. The SMILES string of the molecule is CNCc1cc(C)ccc1N1CC(C)OC(C)C1. The van der Waals surface area contributed by atoms with E-state index in [4.69, 9.17) is 4.74 Å². The Morgan fingerprint density at radius 2 is 1.94 bits per heavy atom. The van der Waals surface area contributed by atoms with Crippen molar-refractivity contribution < 1.29 is 4.74 Å². The Balaban J connectivity index is 2.25. The van der Waals surface area contributed by atoms with Gasteiger partial charge in [0.05, 0.1) is 12.2 Å². The normalized spacial score (nSPS) is 24.3. The number of anilines is 1. The maximum atomic E-state index is 5.80. The third-order valence-electron chi connectivity index (χ3n) is 3.36. The molecule has 1 fully saturated rings. The number of aryl methyl sites for hydroxylation is 1. The zero-order valence-corrected chi connectivity index (χ0v) is 11.9. The lowest BCUT2D eigenvalue weighted by Gasteiger charge is -2.38. The van der Waals surface area contributed by atoms with Gasteiger partial charge in [0, 0.05) is 25.3 Å². The van der Waals surface area contributed by atoms with Crippen molar-refractivity contribution in [1.82, 2.24) is 5.32 Å². The summed E-state index contributed by atoms with van der Waals surface area (Å²) >= 11 is 0. The van der Waals surface area contributed by atoms with Gasteiger partial charge < -0.3 is 15.0 Å². The van der Waals surface area contributed by atoms with Crippen LogP contribution >= 0.6 is 0 Å². The first-order valence-corrected chi connectivity index (χ1v) is 6.74. The van der Waals surface area contributed by atoms with Gasteiger partial charge in [0.25, 0.3) is 0 Å². The number of benzene rings is 1. The molecule has 1 aliphatic heterocycles. The molecule has 2 unspecified atom stereocenters. The van der Waals surface area contributed by atoms with Crippen LogP contribution in [0.3, 0.4) is 0 Å². The molecule has 0 aromatic heterocycles. The molecular formula is C15H24N2O. The summed E-state index contributed by atoms with van der Waals surface area (Å²) in [6.07, 6.45) is 0.606. The molecule has 0 bridgehead atoms. The number of rotatable bonds is 3. The second-order valence-corrected chi connectivity index (χ2v) is 5.32. The number of hydrogen-bond donors (Lipinski definition) is 1. The van der Waals surface area contributed by atoms with Crippen molar-refractivity contribution in [3.8, 4) is 0 Å². The van der Waals surface area contributed by atoms with E-state index in [2.05, 4.69) is 49.2 Å². The molecule has 100 valence electrons. The average molecular weight is 248 g/mol. The van der Waals surface area contributed by atoms with Crippen molar-refractivity contribution >= 4 is 5.69 Å². The number of morpholine rings is 1. The minimum atomic E-state index is 0.303. The van der Waals surface area contributed by atoms with Crippen LogP contribution in [0.15, 0.2) is 18.2 Å². The smallest absolute Gasteiger partial charge is 0.0726 e. The fourth-order valence-corrected chi connectivity index (χ4v) is 2.73. The zero-order chi connectivity index (χ0) is 13.1. The number of nitrogens with one attached hydrogen (secondary N) is 1. The third-order valence-corrected chi connectivity index (χ3v) is 3.36. The van der Waals surface area contributed by atoms with Crippen molar-refractivity contribution in [2.24, 2.45) is 0 Å². The topological polar surface area (TPSA) is 24.5 Å². The highest BCUT2D eigenvalue weighted by Gasteiger charge is 2.23. The number of nitrogens with zero attached hydrogens (tertiary/aromatic N) is 1. The van der Waals surface area contributed by atoms with Crippen molar-refractivity contribution in [2.75, 3.05) is 25.0 Å². The van der Waals surface area contributed by atoms with Gasteiger partial charge in [0.2, 0.25) is 0 Å². The van der Waals surface area contributed by atoms with E-state index in [0.717, 1.165) is 19.6 Å². The molecule has 0 aliphatic carbocycles. The molecule has 2 rings (SSSR count). The second-order valence-electron chi connectivity index (χ2n) is 5.32. The van der Waals surface area contributed by atoms with E-state index in [9.17, 15) is 0 Å². The first-order valence-electron chi connectivity index (χ1n) is 6.74. The standard InChI is InChI=1S/C15H24N2O/c1-11-5-6-15(14(7-11)8-16-4)17-9-12(2)18-13(3)10-17/h5-7,12-13,16H,8-10H2,1-4H3. The largest absolute Gasteiger partial charge is 0.372 e. The van der Waals surface area contributed by atoms with Gasteiger partial charge in [-0.2, -0.15) is 0 Å². The van der Waals surface area contributed by atoms with Crippen LogP contribution in [0, 0.1) is 6.92 Å². The summed E-state index contributed by atoms with van der Waals surface area (Å²) in [5.74, 6) is 0. The summed E-state index contributed by atoms with van der Waals surface area (Å²) in [5, 5.41) is 3.26. The molecule has 1 N–H and O–H groups in total. The van der Waals surface area contributed by atoms with Crippen LogP contribution < -0.4 is 10.2 Å². The van der Waals surface area contributed by atoms with Crippen LogP contribution in [0.1, 0.15) is 25.0 Å². The van der Waals surface area contributed by atoms with Crippen LogP contribution in [0.25, 0.3) is 0 Å². The lowest BCUT2D eigenvalue weighted by Crippen LogP contribution is -2.46. The molecular weight excluding hydrogens is 224 g/mol. The monoisotopic (exact) mass is 248 g/mol. The van der Waals surface area contributed by atoms with Gasteiger partial charge in [-0.15, -0.1) is 0 Å². The highest BCUT2D eigenvalue weighted by Crippen LogP contribution is 2.25. The van der Waals surface area contributed by atoms with Crippen molar-refractivity contribution in [2.45, 2.75) is 39.5 Å². The number of ether oxygens (including phenoxy) is 1. The molecule has 3 nitrogen and oxygen atoms in total.